The Morgan fingerprint density at radius 2 is 1.00 bits per heavy atom. The monoisotopic (exact) mass is 256 g/mol. The van der Waals surface area contributed by atoms with Crippen LogP contribution in [0.4, 0.5) is 0 Å². The predicted octanol–water partition coefficient (Wildman–Crippen LogP) is 3.86. The Balaban J connectivity index is -0.0000000891. The fourth-order valence-corrected chi connectivity index (χ4v) is 1.51. The molecule has 0 radical (unpaired) electrons. The highest BCUT2D eigenvalue weighted by molar-refractivity contribution is 5.69. The van der Waals surface area contributed by atoms with Crippen LogP contribution in [0.5, 0.6) is 0 Å². The highest BCUT2D eigenvalue weighted by Crippen LogP contribution is 1.95. The highest BCUT2D eigenvalue weighted by Gasteiger charge is 2.02. The number of likely N-dealkylation sites (N-methyl/N-ethyl adjacent to an activating group) is 2. The van der Waals surface area contributed by atoms with Gasteiger partial charge in [-0.1, -0.05) is 29.7 Å². The van der Waals surface area contributed by atoms with Gasteiger partial charge in [-0.3, -0.25) is 0 Å². The first-order valence-electron chi connectivity index (χ1n) is 4.99. The zero-order chi connectivity index (χ0) is 10.6. The first kappa shape index (κ1) is 25.6. The number of allylic oxidation sites excluding steroid dienone is 2. The lowest BCUT2D eigenvalue weighted by Crippen LogP contribution is -2.01. The SMILES string of the molecule is C.C.C.C.CC1=CC=[N+](C)C1.CC1=CC=[N+](C)C1. The molecule has 0 saturated carbocycles. The molecule has 2 nitrogen and oxygen atoms in total. The lowest BCUT2D eigenvalue weighted by atomic mass is 10.3. The van der Waals surface area contributed by atoms with Crippen LogP contribution in [0.1, 0.15) is 43.6 Å². The molecule has 0 aromatic carbocycles. The van der Waals surface area contributed by atoms with Crippen molar-refractivity contribution in [1.29, 1.82) is 0 Å². The van der Waals surface area contributed by atoms with Crippen LogP contribution in [-0.2, 0) is 0 Å². The van der Waals surface area contributed by atoms with E-state index in [-0.39, 0.29) is 29.7 Å². The summed E-state index contributed by atoms with van der Waals surface area (Å²) < 4.78 is 4.32. The highest BCUT2D eigenvalue weighted by atomic mass is 15.0. The second kappa shape index (κ2) is 12.3. The van der Waals surface area contributed by atoms with Gasteiger partial charge in [0.2, 0.25) is 0 Å². The Kier molecular flexibility index (Phi) is 17.5. The summed E-state index contributed by atoms with van der Waals surface area (Å²) in [6.45, 7) is 6.50. The van der Waals surface area contributed by atoms with Gasteiger partial charge in [0.1, 0.15) is 14.1 Å². The third-order valence-corrected chi connectivity index (χ3v) is 2.22. The molecule has 0 saturated heterocycles. The maximum atomic E-state index is 2.16. The lowest BCUT2D eigenvalue weighted by molar-refractivity contribution is -0.479. The van der Waals surface area contributed by atoms with Crippen molar-refractivity contribution in [3.63, 3.8) is 0 Å². The van der Waals surface area contributed by atoms with Crippen molar-refractivity contribution in [2.24, 2.45) is 0 Å². The van der Waals surface area contributed by atoms with E-state index < -0.39 is 0 Å². The van der Waals surface area contributed by atoms with E-state index in [2.05, 4.69) is 61.7 Å². The summed E-state index contributed by atoms with van der Waals surface area (Å²) in [5.74, 6) is 0. The van der Waals surface area contributed by atoms with Crippen molar-refractivity contribution >= 4 is 12.4 Å². The van der Waals surface area contributed by atoms with E-state index in [1.165, 1.54) is 11.1 Å². The van der Waals surface area contributed by atoms with Crippen LogP contribution in [-0.4, -0.2) is 48.8 Å². The molecule has 2 heteroatoms. The van der Waals surface area contributed by atoms with E-state index >= 15 is 0 Å². The number of rotatable bonds is 0. The van der Waals surface area contributed by atoms with Gasteiger partial charge in [0, 0.05) is 12.2 Å². The minimum atomic E-state index is 0. The number of hydrogen-bond acceptors (Lipinski definition) is 0. The van der Waals surface area contributed by atoms with Crippen LogP contribution in [0.3, 0.4) is 0 Å². The van der Waals surface area contributed by atoms with Gasteiger partial charge in [0.25, 0.3) is 0 Å². The molecule has 0 aromatic rings. The van der Waals surface area contributed by atoms with E-state index in [1.807, 2.05) is 0 Å². The minimum absolute atomic E-state index is 0. The van der Waals surface area contributed by atoms with Gasteiger partial charge >= 0.3 is 0 Å². The molecule has 0 spiro atoms. The Morgan fingerprint density at radius 1 is 0.722 bits per heavy atom. The molecule has 0 atom stereocenters. The molecule has 108 valence electrons. The smallest absolute Gasteiger partial charge is 0.164 e. The molecule has 2 rings (SSSR count). The van der Waals surface area contributed by atoms with Crippen LogP contribution < -0.4 is 0 Å². The van der Waals surface area contributed by atoms with Gasteiger partial charge in [-0.2, -0.15) is 0 Å². The zero-order valence-electron chi connectivity index (χ0n) is 9.62. The Hall–Kier alpha value is -1.18. The molecule has 0 aliphatic carbocycles. The summed E-state index contributed by atoms with van der Waals surface area (Å²) in [4.78, 5) is 0. The van der Waals surface area contributed by atoms with Crippen LogP contribution >= 0.6 is 0 Å². The fourth-order valence-electron chi connectivity index (χ4n) is 1.51. The summed E-state index contributed by atoms with van der Waals surface area (Å²) in [6.07, 6.45) is 8.46. The van der Waals surface area contributed by atoms with E-state index in [0.29, 0.717) is 0 Å². The normalized spacial score (nSPS) is 14.9. The molecule has 0 amide bonds. The average molecular weight is 256 g/mol. The molecule has 0 fully saturated rings. The Labute approximate surface area is 116 Å². The molecular formula is C16H36N2+2. The van der Waals surface area contributed by atoms with Gasteiger partial charge in [0.15, 0.2) is 25.5 Å². The second-order valence-corrected chi connectivity index (χ2v) is 4.15. The molecule has 0 aromatic heterocycles. The first-order valence-corrected chi connectivity index (χ1v) is 4.99. The molecule has 0 N–H and O–H groups in total. The molecular weight excluding hydrogens is 220 g/mol. The summed E-state index contributed by atoms with van der Waals surface area (Å²) >= 11 is 0. The van der Waals surface area contributed by atoms with E-state index in [4.69, 9.17) is 0 Å². The molecule has 0 bridgehead atoms. The Bertz CT molecular complexity index is 265. The third-order valence-electron chi connectivity index (χ3n) is 2.22. The maximum absolute atomic E-state index is 2.16. The van der Waals surface area contributed by atoms with Crippen molar-refractivity contribution < 1.29 is 9.15 Å². The average Bonchev–Trinajstić information content (AvgIpc) is 2.63. The van der Waals surface area contributed by atoms with Crippen molar-refractivity contribution in [2.75, 3.05) is 27.2 Å². The van der Waals surface area contributed by atoms with Gasteiger partial charge in [-0.05, 0) is 25.0 Å². The molecule has 18 heavy (non-hydrogen) atoms. The maximum Gasteiger partial charge on any atom is 0.164 e. The topological polar surface area (TPSA) is 6.02 Å². The quantitative estimate of drug-likeness (QED) is 0.581. The summed E-state index contributed by atoms with van der Waals surface area (Å²) in [7, 11) is 4.15. The molecule has 2 aliphatic rings. The third kappa shape index (κ3) is 10.0. The Morgan fingerprint density at radius 3 is 1.06 bits per heavy atom. The van der Waals surface area contributed by atoms with Gasteiger partial charge < -0.3 is 0 Å². The molecule has 2 aliphatic heterocycles. The van der Waals surface area contributed by atoms with Crippen molar-refractivity contribution in [3.8, 4) is 0 Å². The van der Waals surface area contributed by atoms with Crippen LogP contribution in [0, 0.1) is 0 Å². The van der Waals surface area contributed by atoms with Crippen LogP contribution in [0.15, 0.2) is 23.3 Å². The van der Waals surface area contributed by atoms with Crippen molar-refractivity contribution in [1.82, 2.24) is 0 Å². The summed E-state index contributed by atoms with van der Waals surface area (Å²) in [5, 5.41) is 0. The van der Waals surface area contributed by atoms with Crippen molar-refractivity contribution in [2.45, 2.75) is 43.6 Å². The van der Waals surface area contributed by atoms with Gasteiger partial charge in [-0.15, -0.1) is 0 Å². The van der Waals surface area contributed by atoms with Gasteiger partial charge in [0.05, 0.1) is 0 Å². The lowest BCUT2D eigenvalue weighted by Gasteiger charge is -1.83. The summed E-state index contributed by atoms with van der Waals surface area (Å²) in [6, 6.07) is 0. The van der Waals surface area contributed by atoms with E-state index in [9.17, 15) is 0 Å². The van der Waals surface area contributed by atoms with Gasteiger partial charge in [-0.25, -0.2) is 9.15 Å². The standard InChI is InChI=1S/2C6H10N.4CH4/c2*1-6-3-4-7(2)5-6;;;;/h2*3-4H,5H2,1-2H3;4*1H4/q2*+1;;;;. The predicted molar refractivity (Wildman–Crippen MR) is 88.7 cm³/mol. The molecule has 0 unspecified atom stereocenters. The van der Waals surface area contributed by atoms with Crippen LogP contribution in [0.25, 0.3) is 0 Å². The number of hydrogen-bond donors (Lipinski definition) is 0. The van der Waals surface area contributed by atoms with Crippen molar-refractivity contribution in [3.05, 3.63) is 23.3 Å². The van der Waals surface area contributed by atoms with E-state index in [1.54, 1.807) is 0 Å². The number of nitrogens with zero attached hydrogens (tertiary/aromatic N) is 2. The second-order valence-electron chi connectivity index (χ2n) is 4.15. The summed E-state index contributed by atoms with van der Waals surface area (Å²) in [5.41, 5.74) is 2.89. The minimum Gasteiger partial charge on any atom is -0.235 e. The zero-order valence-corrected chi connectivity index (χ0v) is 9.62. The first-order chi connectivity index (χ1) is 6.58. The van der Waals surface area contributed by atoms with Crippen LogP contribution in [0.2, 0.25) is 0 Å². The largest absolute Gasteiger partial charge is 0.235 e. The molecule has 2 heterocycles. The fraction of sp³-hybridized carbons (Fsp3) is 0.625. The van der Waals surface area contributed by atoms with E-state index in [0.717, 1.165) is 13.1 Å².